The molecule has 13 heavy (non-hydrogen) atoms. The third-order valence-electron chi connectivity index (χ3n) is 1.42. The van der Waals surface area contributed by atoms with Crippen molar-refractivity contribution in [1.82, 2.24) is 0 Å². The van der Waals surface area contributed by atoms with Gasteiger partial charge in [0.05, 0.1) is 0 Å². The van der Waals surface area contributed by atoms with Crippen molar-refractivity contribution in [1.29, 1.82) is 0 Å². The number of ether oxygens (including phenoxy) is 1. The van der Waals surface area contributed by atoms with Crippen LogP contribution in [0.4, 0.5) is 0 Å². The van der Waals surface area contributed by atoms with Crippen molar-refractivity contribution in [2.24, 2.45) is 0 Å². The van der Waals surface area contributed by atoms with Crippen LogP contribution >= 0.6 is 8.03 Å². The zero-order valence-corrected chi connectivity index (χ0v) is 7.66. The fourth-order valence-electron chi connectivity index (χ4n) is 0.840. The van der Waals surface area contributed by atoms with Gasteiger partial charge in [0.25, 0.3) is 5.66 Å². The number of cyclic esters (lactones) is 2. The minimum Gasteiger partial charge on any atom is -0.390 e. The Balaban J connectivity index is 2.52. The lowest BCUT2D eigenvalue weighted by atomic mass is 10.4. The van der Waals surface area contributed by atoms with Crippen LogP contribution in [0.5, 0.6) is 0 Å². The van der Waals surface area contributed by atoms with Crippen molar-refractivity contribution in [2.45, 2.75) is 12.1 Å². The number of rotatable bonds is 4. The molecule has 0 saturated carbocycles. The summed E-state index contributed by atoms with van der Waals surface area (Å²) >= 11 is 0. The van der Waals surface area contributed by atoms with Gasteiger partial charge in [-0.25, -0.2) is 4.79 Å². The topological polar surface area (TPSA) is 69.7 Å². The molecule has 0 aliphatic carbocycles. The third-order valence-corrected chi connectivity index (χ3v) is 2.73. The molecule has 2 atom stereocenters. The molecule has 1 aliphatic rings. The molecule has 0 aromatic rings. The summed E-state index contributed by atoms with van der Waals surface area (Å²) in [7, 11) is -2.17. The molecule has 6 heteroatoms. The monoisotopic (exact) mass is 203 g/mol. The molecular formula is C7H8O5P+. The molecule has 0 radical (unpaired) electrons. The maximum atomic E-state index is 11.2. The highest BCUT2D eigenvalue weighted by molar-refractivity contribution is 7.41. The summed E-state index contributed by atoms with van der Waals surface area (Å²) in [5.41, 5.74) is -0.942. The molecule has 0 aromatic heterocycles. The zero-order chi connectivity index (χ0) is 9.84. The van der Waals surface area contributed by atoms with E-state index in [1.165, 1.54) is 6.08 Å². The molecule has 5 nitrogen and oxygen atoms in total. The molecule has 0 aromatic carbocycles. The SMILES string of the molecule is C=CCO[P+](=O)C1CC(=O)OC1=O. The number of esters is 2. The van der Waals surface area contributed by atoms with Crippen molar-refractivity contribution < 1.29 is 23.4 Å². The van der Waals surface area contributed by atoms with E-state index >= 15 is 0 Å². The Hall–Kier alpha value is -1.06. The molecule has 0 amide bonds. The van der Waals surface area contributed by atoms with E-state index in [-0.39, 0.29) is 13.0 Å². The second-order valence-corrected chi connectivity index (χ2v) is 3.84. The second-order valence-electron chi connectivity index (χ2n) is 2.38. The van der Waals surface area contributed by atoms with Crippen LogP contribution in [-0.2, 0) is 23.4 Å². The van der Waals surface area contributed by atoms with Crippen molar-refractivity contribution in [3.63, 3.8) is 0 Å². The Labute approximate surface area is 75.6 Å². The standard InChI is InChI=1S/C7H8O5P/c1-2-3-11-13(10)5-4-6(8)12-7(5)9/h2,5H,1,3-4H2/q+1. The highest BCUT2D eigenvalue weighted by Gasteiger charge is 2.49. The fraction of sp³-hybridized carbons (Fsp3) is 0.429. The van der Waals surface area contributed by atoms with Crippen LogP contribution in [0.15, 0.2) is 12.7 Å². The van der Waals surface area contributed by atoms with Crippen molar-refractivity contribution in [3.05, 3.63) is 12.7 Å². The lowest BCUT2D eigenvalue weighted by Crippen LogP contribution is -2.10. The van der Waals surface area contributed by atoms with Gasteiger partial charge in [-0.2, -0.15) is 0 Å². The van der Waals surface area contributed by atoms with Crippen molar-refractivity contribution in [2.75, 3.05) is 6.61 Å². The molecule has 1 rings (SSSR count). The van der Waals surface area contributed by atoms with E-state index in [1.54, 1.807) is 0 Å². The molecule has 1 heterocycles. The maximum absolute atomic E-state index is 11.2. The maximum Gasteiger partial charge on any atom is 0.524 e. The van der Waals surface area contributed by atoms with E-state index in [1.807, 2.05) is 0 Å². The van der Waals surface area contributed by atoms with Crippen molar-refractivity contribution >= 4 is 20.0 Å². The van der Waals surface area contributed by atoms with Crippen LogP contribution in [0, 0.1) is 0 Å². The molecule has 1 saturated heterocycles. The van der Waals surface area contributed by atoms with E-state index in [2.05, 4.69) is 11.3 Å². The van der Waals surface area contributed by atoms with Crippen LogP contribution in [-0.4, -0.2) is 24.2 Å². The Morgan fingerprint density at radius 3 is 2.85 bits per heavy atom. The van der Waals surface area contributed by atoms with Gasteiger partial charge >= 0.3 is 20.0 Å². The van der Waals surface area contributed by atoms with Gasteiger partial charge in [0, 0.05) is 0 Å². The summed E-state index contributed by atoms with van der Waals surface area (Å²) in [4.78, 5) is 21.5. The molecule has 2 unspecified atom stereocenters. The summed E-state index contributed by atoms with van der Waals surface area (Å²) < 4.78 is 20.1. The number of hydrogen-bond acceptors (Lipinski definition) is 5. The molecule has 0 bridgehead atoms. The first kappa shape index (κ1) is 10.0. The Morgan fingerprint density at radius 1 is 1.69 bits per heavy atom. The van der Waals surface area contributed by atoms with Gasteiger partial charge < -0.3 is 4.74 Å². The first-order valence-corrected chi connectivity index (χ1v) is 4.84. The molecule has 0 N–H and O–H groups in total. The van der Waals surface area contributed by atoms with Gasteiger partial charge in [-0.15, -0.1) is 11.1 Å². The molecular weight excluding hydrogens is 195 g/mol. The highest BCUT2D eigenvalue weighted by atomic mass is 31.1. The third kappa shape index (κ3) is 2.44. The summed E-state index contributed by atoms with van der Waals surface area (Å²) in [6.45, 7) is 3.45. The molecule has 1 aliphatic heterocycles. The van der Waals surface area contributed by atoms with E-state index in [0.717, 1.165) is 0 Å². The normalized spacial score (nSPS) is 22.8. The summed E-state index contributed by atoms with van der Waals surface area (Å²) in [5, 5.41) is 0. The smallest absolute Gasteiger partial charge is 0.390 e. The predicted molar refractivity (Wildman–Crippen MR) is 43.3 cm³/mol. The Morgan fingerprint density at radius 2 is 2.38 bits per heavy atom. The average Bonchev–Trinajstić information content (AvgIpc) is 2.41. The Kier molecular flexibility index (Phi) is 3.28. The molecule has 0 spiro atoms. The Bertz CT molecular complexity index is 272. The number of hydrogen-bond donors (Lipinski definition) is 0. The largest absolute Gasteiger partial charge is 0.524 e. The fourth-order valence-corrected chi connectivity index (χ4v) is 1.80. The van der Waals surface area contributed by atoms with Gasteiger partial charge in [0.15, 0.2) is 0 Å². The van der Waals surface area contributed by atoms with Crippen LogP contribution in [0.2, 0.25) is 0 Å². The second kappa shape index (κ2) is 4.25. The van der Waals surface area contributed by atoms with E-state index in [0.29, 0.717) is 0 Å². The summed E-state index contributed by atoms with van der Waals surface area (Å²) in [6.07, 6.45) is 1.25. The van der Waals surface area contributed by atoms with Crippen LogP contribution in [0.25, 0.3) is 0 Å². The minimum absolute atomic E-state index is 0.0905. The number of carbonyl (C=O) groups is 2. The zero-order valence-electron chi connectivity index (χ0n) is 6.76. The van der Waals surface area contributed by atoms with E-state index in [9.17, 15) is 14.2 Å². The first-order chi connectivity index (χ1) is 6.15. The van der Waals surface area contributed by atoms with Gasteiger partial charge in [-0.05, 0) is 4.57 Å². The van der Waals surface area contributed by atoms with Crippen LogP contribution in [0.3, 0.4) is 0 Å². The number of carbonyl (C=O) groups excluding carboxylic acids is 2. The molecule has 70 valence electrons. The van der Waals surface area contributed by atoms with Crippen molar-refractivity contribution in [3.8, 4) is 0 Å². The van der Waals surface area contributed by atoms with E-state index < -0.39 is 25.6 Å². The summed E-state index contributed by atoms with van der Waals surface area (Å²) in [5.74, 6) is -1.42. The highest BCUT2D eigenvalue weighted by Crippen LogP contribution is 2.35. The van der Waals surface area contributed by atoms with Gasteiger partial charge in [0.2, 0.25) is 0 Å². The lowest BCUT2D eigenvalue weighted by Gasteiger charge is -1.88. The predicted octanol–water partition coefficient (Wildman–Crippen LogP) is 0.773. The summed E-state index contributed by atoms with van der Waals surface area (Å²) in [6, 6.07) is 0. The van der Waals surface area contributed by atoms with E-state index in [4.69, 9.17) is 4.52 Å². The quantitative estimate of drug-likeness (QED) is 0.292. The first-order valence-electron chi connectivity index (χ1n) is 3.60. The minimum atomic E-state index is -2.17. The molecule has 1 fully saturated rings. The van der Waals surface area contributed by atoms with Crippen LogP contribution < -0.4 is 0 Å². The lowest BCUT2D eigenvalue weighted by molar-refractivity contribution is -0.151. The van der Waals surface area contributed by atoms with Gasteiger partial charge in [-0.3, -0.25) is 4.79 Å². The average molecular weight is 203 g/mol. The van der Waals surface area contributed by atoms with Gasteiger partial charge in [-0.1, -0.05) is 6.08 Å². The van der Waals surface area contributed by atoms with Crippen LogP contribution in [0.1, 0.15) is 6.42 Å². The van der Waals surface area contributed by atoms with Gasteiger partial charge in [0.1, 0.15) is 13.0 Å².